The molecular formula is C12H13N3O2S. The van der Waals surface area contributed by atoms with Gasteiger partial charge in [0, 0.05) is 6.42 Å². The Balaban J connectivity index is 2.14. The number of aliphatic hydroxyl groups excluding tert-OH is 1. The van der Waals surface area contributed by atoms with E-state index in [-0.39, 0.29) is 6.61 Å². The van der Waals surface area contributed by atoms with Crippen molar-refractivity contribution < 1.29 is 9.52 Å². The molecule has 0 atom stereocenters. The molecule has 0 amide bonds. The van der Waals surface area contributed by atoms with E-state index in [0.717, 1.165) is 22.8 Å². The van der Waals surface area contributed by atoms with Gasteiger partial charge in [0.2, 0.25) is 4.96 Å². The SMILES string of the molecule is CCCc1nn2c(CO)c(-c3ccco3)nc2s1. The summed E-state index contributed by atoms with van der Waals surface area (Å²) in [7, 11) is 0. The minimum atomic E-state index is -0.105. The van der Waals surface area contributed by atoms with E-state index >= 15 is 0 Å². The smallest absolute Gasteiger partial charge is 0.213 e. The third kappa shape index (κ3) is 1.74. The van der Waals surface area contributed by atoms with Crippen LogP contribution >= 0.6 is 11.3 Å². The zero-order valence-electron chi connectivity index (χ0n) is 9.96. The first-order valence-corrected chi connectivity index (χ1v) is 6.67. The van der Waals surface area contributed by atoms with E-state index in [2.05, 4.69) is 17.0 Å². The first kappa shape index (κ1) is 11.4. The third-order valence-corrected chi connectivity index (χ3v) is 3.67. The lowest BCUT2D eigenvalue weighted by Crippen LogP contribution is -1.96. The Labute approximate surface area is 108 Å². The Morgan fingerprint density at radius 1 is 1.50 bits per heavy atom. The van der Waals surface area contributed by atoms with E-state index < -0.39 is 0 Å². The molecule has 0 aliphatic heterocycles. The van der Waals surface area contributed by atoms with Gasteiger partial charge in [0.15, 0.2) is 5.76 Å². The van der Waals surface area contributed by atoms with Crippen molar-refractivity contribution in [2.24, 2.45) is 0 Å². The van der Waals surface area contributed by atoms with Gasteiger partial charge in [0.05, 0.1) is 12.9 Å². The molecule has 18 heavy (non-hydrogen) atoms. The highest BCUT2D eigenvalue weighted by Crippen LogP contribution is 2.27. The number of hydrogen-bond donors (Lipinski definition) is 1. The van der Waals surface area contributed by atoms with Crippen LogP contribution in [0.4, 0.5) is 0 Å². The molecule has 1 N–H and O–H groups in total. The molecule has 5 nitrogen and oxygen atoms in total. The maximum atomic E-state index is 9.51. The standard InChI is InChI=1S/C12H13N3O2S/c1-2-4-10-14-15-8(7-16)11(13-12(15)18-10)9-5-3-6-17-9/h3,5-6,16H,2,4,7H2,1H3. The molecule has 0 aliphatic rings. The van der Waals surface area contributed by atoms with Crippen molar-refractivity contribution in [1.82, 2.24) is 14.6 Å². The molecule has 3 heterocycles. The highest BCUT2D eigenvalue weighted by atomic mass is 32.1. The fourth-order valence-electron chi connectivity index (χ4n) is 1.90. The summed E-state index contributed by atoms with van der Waals surface area (Å²) >= 11 is 1.56. The quantitative estimate of drug-likeness (QED) is 0.785. The van der Waals surface area contributed by atoms with E-state index in [0.29, 0.717) is 17.1 Å². The van der Waals surface area contributed by atoms with Gasteiger partial charge in [0.25, 0.3) is 0 Å². The van der Waals surface area contributed by atoms with E-state index in [4.69, 9.17) is 4.42 Å². The average molecular weight is 263 g/mol. The van der Waals surface area contributed by atoms with Crippen molar-refractivity contribution in [1.29, 1.82) is 0 Å². The van der Waals surface area contributed by atoms with E-state index in [1.807, 2.05) is 6.07 Å². The lowest BCUT2D eigenvalue weighted by Gasteiger charge is -1.96. The van der Waals surface area contributed by atoms with Gasteiger partial charge in [-0.1, -0.05) is 18.3 Å². The Morgan fingerprint density at radius 2 is 2.39 bits per heavy atom. The molecule has 0 spiro atoms. The maximum absolute atomic E-state index is 9.51. The van der Waals surface area contributed by atoms with Crippen LogP contribution in [0.5, 0.6) is 0 Å². The average Bonchev–Trinajstić information content (AvgIpc) is 3.02. The summed E-state index contributed by atoms with van der Waals surface area (Å²) in [5.74, 6) is 0.661. The summed E-state index contributed by atoms with van der Waals surface area (Å²) in [6, 6.07) is 3.64. The van der Waals surface area contributed by atoms with Gasteiger partial charge in [-0.2, -0.15) is 5.10 Å². The summed E-state index contributed by atoms with van der Waals surface area (Å²) in [5, 5.41) is 15.0. The highest BCUT2D eigenvalue weighted by molar-refractivity contribution is 7.16. The summed E-state index contributed by atoms with van der Waals surface area (Å²) in [4.78, 5) is 5.29. The molecule has 0 fully saturated rings. The number of aromatic nitrogens is 3. The highest BCUT2D eigenvalue weighted by Gasteiger charge is 2.18. The molecule has 0 bridgehead atoms. The van der Waals surface area contributed by atoms with Crippen molar-refractivity contribution in [3.63, 3.8) is 0 Å². The van der Waals surface area contributed by atoms with Crippen LogP contribution in [0.15, 0.2) is 22.8 Å². The van der Waals surface area contributed by atoms with Crippen LogP contribution in [0.2, 0.25) is 0 Å². The van der Waals surface area contributed by atoms with Crippen molar-refractivity contribution in [3.8, 4) is 11.5 Å². The second-order valence-electron chi connectivity index (χ2n) is 3.98. The van der Waals surface area contributed by atoms with Crippen LogP contribution in [0.3, 0.4) is 0 Å². The first-order valence-electron chi connectivity index (χ1n) is 5.85. The van der Waals surface area contributed by atoms with Gasteiger partial charge >= 0.3 is 0 Å². The van der Waals surface area contributed by atoms with Crippen LogP contribution in [-0.2, 0) is 13.0 Å². The molecule has 6 heteroatoms. The largest absolute Gasteiger partial charge is 0.463 e. The summed E-state index contributed by atoms with van der Waals surface area (Å²) in [6.45, 7) is 2.01. The number of hydrogen-bond acceptors (Lipinski definition) is 5. The summed E-state index contributed by atoms with van der Waals surface area (Å²) in [5.41, 5.74) is 1.35. The lowest BCUT2D eigenvalue weighted by molar-refractivity contribution is 0.274. The van der Waals surface area contributed by atoms with Crippen molar-refractivity contribution in [2.75, 3.05) is 0 Å². The van der Waals surface area contributed by atoms with E-state index in [1.165, 1.54) is 0 Å². The Bertz CT molecular complexity index is 654. The second kappa shape index (κ2) is 4.55. The van der Waals surface area contributed by atoms with Crippen LogP contribution in [0, 0.1) is 0 Å². The predicted molar refractivity (Wildman–Crippen MR) is 68.5 cm³/mol. The second-order valence-corrected chi connectivity index (χ2v) is 5.02. The molecule has 3 aromatic rings. The van der Waals surface area contributed by atoms with Crippen LogP contribution in [0.25, 0.3) is 16.4 Å². The predicted octanol–water partition coefficient (Wildman–Crippen LogP) is 2.50. The topological polar surface area (TPSA) is 63.6 Å². The molecular weight excluding hydrogens is 250 g/mol. The van der Waals surface area contributed by atoms with Crippen LogP contribution in [-0.4, -0.2) is 19.7 Å². The van der Waals surface area contributed by atoms with Gasteiger partial charge in [-0.15, -0.1) is 0 Å². The number of imidazole rings is 1. The molecule has 0 saturated heterocycles. The number of nitrogens with zero attached hydrogens (tertiary/aromatic N) is 3. The Kier molecular flexibility index (Phi) is 2.89. The van der Waals surface area contributed by atoms with Gasteiger partial charge < -0.3 is 9.52 Å². The first-order chi connectivity index (χ1) is 8.83. The number of rotatable bonds is 4. The molecule has 0 aliphatic carbocycles. The summed E-state index contributed by atoms with van der Waals surface area (Å²) < 4.78 is 7.04. The zero-order valence-corrected chi connectivity index (χ0v) is 10.8. The monoisotopic (exact) mass is 263 g/mol. The van der Waals surface area contributed by atoms with E-state index in [1.54, 1.807) is 28.2 Å². The van der Waals surface area contributed by atoms with Gasteiger partial charge in [-0.3, -0.25) is 0 Å². The zero-order chi connectivity index (χ0) is 12.5. The van der Waals surface area contributed by atoms with Crippen molar-refractivity contribution in [3.05, 3.63) is 29.1 Å². The van der Waals surface area contributed by atoms with Crippen LogP contribution in [0.1, 0.15) is 24.0 Å². The Hall–Kier alpha value is -1.66. The molecule has 0 saturated carbocycles. The maximum Gasteiger partial charge on any atom is 0.213 e. The molecule has 94 valence electrons. The molecule has 0 radical (unpaired) electrons. The number of furan rings is 1. The molecule has 3 aromatic heterocycles. The van der Waals surface area contributed by atoms with Gasteiger partial charge in [0.1, 0.15) is 16.4 Å². The van der Waals surface area contributed by atoms with E-state index in [9.17, 15) is 5.11 Å². The fourth-order valence-corrected chi connectivity index (χ4v) is 2.91. The molecule has 0 aromatic carbocycles. The molecule has 0 unspecified atom stereocenters. The number of aryl methyl sites for hydroxylation is 1. The number of aliphatic hydroxyl groups is 1. The van der Waals surface area contributed by atoms with Gasteiger partial charge in [-0.25, -0.2) is 9.50 Å². The minimum absolute atomic E-state index is 0.105. The summed E-state index contributed by atoms with van der Waals surface area (Å²) in [6.07, 6.45) is 3.59. The third-order valence-electron chi connectivity index (χ3n) is 2.71. The van der Waals surface area contributed by atoms with Crippen LogP contribution < -0.4 is 0 Å². The molecule has 3 rings (SSSR count). The number of fused-ring (bicyclic) bond motifs is 1. The normalized spacial score (nSPS) is 11.4. The lowest BCUT2D eigenvalue weighted by atomic mass is 10.3. The fraction of sp³-hybridized carbons (Fsp3) is 0.333. The Morgan fingerprint density at radius 3 is 3.06 bits per heavy atom. The minimum Gasteiger partial charge on any atom is -0.463 e. The van der Waals surface area contributed by atoms with Gasteiger partial charge in [-0.05, 0) is 18.6 Å². The van der Waals surface area contributed by atoms with Crippen molar-refractivity contribution >= 4 is 16.3 Å². The van der Waals surface area contributed by atoms with Crippen molar-refractivity contribution in [2.45, 2.75) is 26.4 Å².